The van der Waals surface area contributed by atoms with Crippen LogP contribution in [0.3, 0.4) is 0 Å². The number of rotatable bonds is 3. The fourth-order valence-electron chi connectivity index (χ4n) is 2.05. The van der Waals surface area contributed by atoms with E-state index in [1.165, 1.54) is 6.07 Å². The number of aryl methyl sites for hydroxylation is 2. The zero-order valence-corrected chi connectivity index (χ0v) is 10.5. The van der Waals surface area contributed by atoms with Gasteiger partial charge < -0.3 is 0 Å². The van der Waals surface area contributed by atoms with Gasteiger partial charge in [0.25, 0.3) is 0 Å². The molecule has 0 amide bonds. The predicted molar refractivity (Wildman–Crippen MR) is 70.4 cm³/mol. The average Bonchev–Trinajstić information content (AvgIpc) is 2.31. The van der Waals surface area contributed by atoms with E-state index < -0.39 is 0 Å². The first-order valence-electron chi connectivity index (χ1n) is 5.91. The molecule has 92 valence electrons. The fraction of sp³-hybridized carbons (Fsp3) is 0.188. The lowest BCUT2D eigenvalue weighted by molar-refractivity contribution is 0.0991. The van der Waals surface area contributed by atoms with Crippen LogP contribution in [0.25, 0.3) is 0 Å². The van der Waals surface area contributed by atoms with Crippen molar-refractivity contribution >= 4 is 5.78 Å². The highest BCUT2D eigenvalue weighted by atomic mass is 19.1. The molecule has 0 aliphatic carbocycles. The third-order valence-electron chi connectivity index (χ3n) is 2.85. The van der Waals surface area contributed by atoms with E-state index in [0.29, 0.717) is 11.1 Å². The SMILES string of the molecule is Cc1cc(C)cc(C(=O)Cc2ccccc2F)c1. The van der Waals surface area contributed by atoms with Crippen molar-refractivity contribution < 1.29 is 9.18 Å². The van der Waals surface area contributed by atoms with Crippen molar-refractivity contribution in [2.75, 3.05) is 0 Å². The highest BCUT2D eigenvalue weighted by Gasteiger charge is 2.10. The van der Waals surface area contributed by atoms with Crippen molar-refractivity contribution in [1.29, 1.82) is 0 Å². The standard InChI is InChI=1S/C16H15FO/c1-11-7-12(2)9-14(8-11)16(18)10-13-5-3-4-6-15(13)17/h3-9H,10H2,1-2H3. The highest BCUT2D eigenvalue weighted by molar-refractivity contribution is 5.97. The van der Waals surface area contributed by atoms with Crippen LogP contribution < -0.4 is 0 Å². The minimum atomic E-state index is -0.324. The molecule has 0 unspecified atom stereocenters. The van der Waals surface area contributed by atoms with Crippen LogP contribution in [0.5, 0.6) is 0 Å². The van der Waals surface area contributed by atoms with Crippen LogP contribution in [0.2, 0.25) is 0 Å². The molecular formula is C16H15FO. The second kappa shape index (κ2) is 5.13. The van der Waals surface area contributed by atoms with Gasteiger partial charge in [-0.15, -0.1) is 0 Å². The number of carbonyl (C=O) groups excluding carboxylic acids is 1. The van der Waals surface area contributed by atoms with E-state index in [2.05, 4.69) is 0 Å². The maximum absolute atomic E-state index is 13.5. The van der Waals surface area contributed by atoms with E-state index >= 15 is 0 Å². The molecule has 0 saturated carbocycles. The Balaban J connectivity index is 2.25. The Morgan fingerprint density at radius 2 is 1.67 bits per heavy atom. The number of hydrogen-bond donors (Lipinski definition) is 0. The van der Waals surface area contributed by atoms with Crippen molar-refractivity contribution in [2.45, 2.75) is 20.3 Å². The van der Waals surface area contributed by atoms with E-state index in [4.69, 9.17) is 0 Å². The number of Topliss-reactive ketones (excluding diaryl/α,β-unsaturated/α-hetero) is 1. The maximum Gasteiger partial charge on any atom is 0.167 e. The van der Waals surface area contributed by atoms with Gasteiger partial charge in [0.2, 0.25) is 0 Å². The Hall–Kier alpha value is -1.96. The molecule has 0 fully saturated rings. The van der Waals surface area contributed by atoms with Crippen LogP contribution in [0.1, 0.15) is 27.0 Å². The summed E-state index contributed by atoms with van der Waals surface area (Å²) in [6.07, 6.45) is 0.107. The molecule has 0 spiro atoms. The minimum Gasteiger partial charge on any atom is -0.294 e. The Kier molecular flexibility index (Phi) is 3.56. The first kappa shape index (κ1) is 12.5. The maximum atomic E-state index is 13.5. The van der Waals surface area contributed by atoms with Gasteiger partial charge in [-0.05, 0) is 37.6 Å². The zero-order valence-electron chi connectivity index (χ0n) is 10.5. The molecule has 18 heavy (non-hydrogen) atoms. The zero-order chi connectivity index (χ0) is 13.1. The van der Waals surface area contributed by atoms with Gasteiger partial charge in [-0.25, -0.2) is 4.39 Å². The molecule has 1 nitrogen and oxygen atoms in total. The van der Waals surface area contributed by atoms with Crippen molar-refractivity contribution in [3.05, 3.63) is 70.5 Å². The van der Waals surface area contributed by atoms with E-state index in [0.717, 1.165) is 11.1 Å². The van der Waals surface area contributed by atoms with Gasteiger partial charge in [0.15, 0.2) is 5.78 Å². The third-order valence-corrected chi connectivity index (χ3v) is 2.85. The van der Waals surface area contributed by atoms with Gasteiger partial charge in [-0.3, -0.25) is 4.79 Å². The summed E-state index contributed by atoms with van der Waals surface area (Å²) in [6.45, 7) is 3.90. The number of halogens is 1. The molecule has 0 aromatic heterocycles. The number of ketones is 1. The topological polar surface area (TPSA) is 17.1 Å². The molecule has 0 heterocycles. The highest BCUT2D eigenvalue weighted by Crippen LogP contribution is 2.14. The molecule has 0 bridgehead atoms. The quantitative estimate of drug-likeness (QED) is 0.747. The first-order valence-corrected chi connectivity index (χ1v) is 5.91. The molecule has 0 aliphatic rings. The van der Waals surface area contributed by atoms with Crippen molar-refractivity contribution in [3.63, 3.8) is 0 Å². The molecular weight excluding hydrogens is 227 g/mol. The summed E-state index contributed by atoms with van der Waals surface area (Å²) in [7, 11) is 0. The van der Waals surface area contributed by atoms with E-state index in [-0.39, 0.29) is 18.0 Å². The summed E-state index contributed by atoms with van der Waals surface area (Å²) in [5.74, 6) is -0.373. The van der Waals surface area contributed by atoms with E-state index in [1.807, 2.05) is 32.0 Å². The van der Waals surface area contributed by atoms with Gasteiger partial charge in [-0.2, -0.15) is 0 Å². The third kappa shape index (κ3) is 2.83. The Morgan fingerprint density at radius 1 is 1.06 bits per heavy atom. The molecule has 0 aliphatic heterocycles. The lowest BCUT2D eigenvalue weighted by Gasteiger charge is -2.05. The molecule has 2 rings (SSSR count). The lowest BCUT2D eigenvalue weighted by atomic mass is 9.99. The molecule has 2 aromatic rings. The molecule has 0 radical (unpaired) electrons. The van der Waals surface area contributed by atoms with Crippen molar-refractivity contribution in [2.24, 2.45) is 0 Å². The molecule has 2 heteroatoms. The summed E-state index contributed by atoms with van der Waals surface area (Å²) in [6, 6.07) is 12.1. The monoisotopic (exact) mass is 242 g/mol. The number of hydrogen-bond acceptors (Lipinski definition) is 1. The largest absolute Gasteiger partial charge is 0.294 e. The van der Waals surface area contributed by atoms with Gasteiger partial charge >= 0.3 is 0 Å². The summed E-state index contributed by atoms with van der Waals surface area (Å²) >= 11 is 0. The summed E-state index contributed by atoms with van der Waals surface area (Å²) in [4.78, 5) is 12.1. The molecule has 0 saturated heterocycles. The minimum absolute atomic E-state index is 0.0492. The first-order chi connectivity index (χ1) is 8.56. The van der Waals surface area contributed by atoms with E-state index in [1.54, 1.807) is 18.2 Å². The van der Waals surface area contributed by atoms with Crippen molar-refractivity contribution in [3.8, 4) is 0 Å². The predicted octanol–water partition coefficient (Wildman–Crippen LogP) is 3.87. The Morgan fingerprint density at radius 3 is 2.28 bits per heavy atom. The van der Waals surface area contributed by atoms with Crippen LogP contribution in [0.15, 0.2) is 42.5 Å². The second-order valence-corrected chi connectivity index (χ2v) is 4.57. The number of carbonyl (C=O) groups is 1. The van der Waals surface area contributed by atoms with Gasteiger partial charge in [0, 0.05) is 12.0 Å². The van der Waals surface area contributed by atoms with E-state index in [9.17, 15) is 9.18 Å². The summed E-state index contributed by atoms with van der Waals surface area (Å²) in [5.41, 5.74) is 3.19. The summed E-state index contributed by atoms with van der Waals surface area (Å²) < 4.78 is 13.5. The lowest BCUT2D eigenvalue weighted by Crippen LogP contribution is -2.05. The van der Waals surface area contributed by atoms with Gasteiger partial charge in [0.1, 0.15) is 5.82 Å². The van der Waals surface area contributed by atoms with Gasteiger partial charge in [-0.1, -0.05) is 35.4 Å². The molecule has 2 aromatic carbocycles. The van der Waals surface area contributed by atoms with Crippen LogP contribution in [-0.4, -0.2) is 5.78 Å². The van der Waals surface area contributed by atoms with Crippen LogP contribution >= 0.6 is 0 Å². The smallest absolute Gasteiger partial charge is 0.167 e. The van der Waals surface area contributed by atoms with Crippen LogP contribution in [0.4, 0.5) is 4.39 Å². The average molecular weight is 242 g/mol. The fourth-order valence-corrected chi connectivity index (χ4v) is 2.05. The van der Waals surface area contributed by atoms with Gasteiger partial charge in [0.05, 0.1) is 0 Å². The molecule has 0 atom stereocenters. The van der Waals surface area contributed by atoms with Crippen molar-refractivity contribution in [1.82, 2.24) is 0 Å². The van der Waals surface area contributed by atoms with Crippen LogP contribution in [-0.2, 0) is 6.42 Å². The Bertz CT molecular complexity index is 567. The normalized spacial score (nSPS) is 10.4. The van der Waals surface area contributed by atoms with Crippen LogP contribution in [0, 0.1) is 19.7 Å². The molecule has 0 N–H and O–H groups in total. The second-order valence-electron chi connectivity index (χ2n) is 4.57. The Labute approximate surface area is 106 Å². The summed E-state index contributed by atoms with van der Waals surface area (Å²) in [5, 5.41) is 0. The number of benzene rings is 2.